The monoisotopic (exact) mass is 286 g/mol. The molecule has 1 aliphatic carbocycles. The Kier molecular flexibility index (Phi) is 2.77. The molecule has 1 fully saturated rings. The number of aromatic amines is 1. The van der Waals surface area contributed by atoms with Crippen LogP contribution in [0.2, 0.25) is 0 Å². The number of carbonyl (C=O) groups is 1. The highest BCUT2D eigenvalue weighted by Crippen LogP contribution is 2.37. The highest BCUT2D eigenvalue weighted by Gasteiger charge is 2.28. The van der Waals surface area contributed by atoms with Gasteiger partial charge in [0.25, 0.3) is 5.91 Å². The Morgan fingerprint density at radius 2 is 2.05 bits per heavy atom. The van der Waals surface area contributed by atoms with Crippen LogP contribution in [0.15, 0.2) is 18.2 Å². The van der Waals surface area contributed by atoms with Gasteiger partial charge in [-0.2, -0.15) is 0 Å². The molecule has 1 aliphatic heterocycles. The number of fused-ring (bicyclic) bond motifs is 1. The molecule has 0 radical (unpaired) electrons. The van der Waals surface area contributed by atoms with E-state index in [2.05, 4.69) is 20.5 Å². The van der Waals surface area contributed by atoms with Crippen molar-refractivity contribution in [2.75, 3.05) is 18.5 Å². The van der Waals surface area contributed by atoms with Gasteiger partial charge < -0.3 is 14.8 Å². The van der Waals surface area contributed by atoms with Gasteiger partial charge in [0.05, 0.1) is 0 Å². The fraction of sp³-hybridized carbons (Fsp3) is 0.357. The highest BCUT2D eigenvalue weighted by molar-refractivity contribution is 6.01. The van der Waals surface area contributed by atoms with E-state index in [0.29, 0.717) is 36.3 Å². The summed E-state index contributed by atoms with van der Waals surface area (Å²) in [5, 5.41) is 9.54. The van der Waals surface area contributed by atoms with E-state index in [1.807, 2.05) is 0 Å². The van der Waals surface area contributed by atoms with Gasteiger partial charge in [0, 0.05) is 17.7 Å². The molecule has 1 saturated carbocycles. The first kappa shape index (κ1) is 12.2. The lowest BCUT2D eigenvalue weighted by Gasteiger charge is -2.18. The van der Waals surface area contributed by atoms with Crippen LogP contribution in [0.25, 0.3) is 0 Å². The van der Waals surface area contributed by atoms with E-state index in [4.69, 9.17) is 9.47 Å². The van der Waals surface area contributed by atoms with Gasteiger partial charge in [-0.3, -0.25) is 9.89 Å². The number of amides is 1. The van der Waals surface area contributed by atoms with Crippen molar-refractivity contribution in [3.63, 3.8) is 0 Å². The van der Waals surface area contributed by atoms with Crippen molar-refractivity contribution in [2.24, 2.45) is 0 Å². The van der Waals surface area contributed by atoms with Gasteiger partial charge >= 0.3 is 0 Å². The molecule has 108 valence electrons. The number of benzene rings is 1. The normalized spacial score (nSPS) is 16.6. The van der Waals surface area contributed by atoms with Crippen LogP contribution in [0.3, 0.4) is 0 Å². The zero-order valence-electron chi connectivity index (χ0n) is 11.3. The number of nitrogens with zero attached hydrogens (tertiary/aromatic N) is 2. The van der Waals surface area contributed by atoms with Crippen molar-refractivity contribution in [1.29, 1.82) is 0 Å². The Hall–Kier alpha value is -2.57. The summed E-state index contributed by atoms with van der Waals surface area (Å²) in [6, 6.07) is 5.28. The molecule has 0 spiro atoms. The zero-order chi connectivity index (χ0) is 14.2. The van der Waals surface area contributed by atoms with Crippen molar-refractivity contribution in [1.82, 2.24) is 15.2 Å². The summed E-state index contributed by atoms with van der Waals surface area (Å²) in [6.45, 7) is 1.05. The molecule has 2 aromatic rings. The van der Waals surface area contributed by atoms with Crippen LogP contribution in [0.4, 0.5) is 5.69 Å². The van der Waals surface area contributed by atoms with E-state index < -0.39 is 0 Å². The quantitative estimate of drug-likeness (QED) is 0.896. The molecule has 0 atom stereocenters. The third kappa shape index (κ3) is 2.42. The highest BCUT2D eigenvalue weighted by atomic mass is 16.6. The van der Waals surface area contributed by atoms with E-state index in [9.17, 15) is 4.79 Å². The van der Waals surface area contributed by atoms with Gasteiger partial charge in [0.15, 0.2) is 11.5 Å². The molecule has 7 nitrogen and oxygen atoms in total. The molecule has 1 aromatic carbocycles. The second kappa shape index (κ2) is 4.76. The van der Waals surface area contributed by atoms with E-state index >= 15 is 0 Å². The molecular weight excluding hydrogens is 272 g/mol. The summed E-state index contributed by atoms with van der Waals surface area (Å²) in [7, 11) is 0. The Bertz CT molecular complexity index is 693. The number of rotatable bonds is 3. The topological polar surface area (TPSA) is 89.1 Å². The predicted molar refractivity (Wildman–Crippen MR) is 73.7 cm³/mol. The van der Waals surface area contributed by atoms with Gasteiger partial charge in [0.1, 0.15) is 19.0 Å². The largest absolute Gasteiger partial charge is 0.486 e. The molecule has 4 rings (SSSR count). The van der Waals surface area contributed by atoms with Gasteiger partial charge in [-0.1, -0.05) is 0 Å². The van der Waals surface area contributed by atoms with E-state index in [1.165, 1.54) is 0 Å². The standard InChI is InChI=1S/C14H14N4O3/c19-14(13-16-12(17-18-13)8-1-2-8)15-9-3-4-10-11(7-9)21-6-5-20-10/h3-4,7-8H,1-2,5-6H2,(H,15,19)(H,16,17,18). The average molecular weight is 286 g/mol. The molecule has 1 amide bonds. The molecule has 2 N–H and O–H groups in total. The first-order valence-corrected chi connectivity index (χ1v) is 6.93. The average Bonchev–Trinajstić information content (AvgIpc) is 3.24. The van der Waals surface area contributed by atoms with Crippen LogP contribution in [-0.4, -0.2) is 34.3 Å². The molecule has 7 heteroatoms. The summed E-state index contributed by atoms with van der Waals surface area (Å²) in [4.78, 5) is 16.3. The van der Waals surface area contributed by atoms with Gasteiger partial charge in [-0.25, -0.2) is 4.98 Å². The van der Waals surface area contributed by atoms with Gasteiger partial charge in [-0.15, -0.1) is 5.10 Å². The van der Waals surface area contributed by atoms with E-state index in [1.54, 1.807) is 18.2 Å². The lowest BCUT2D eigenvalue weighted by Crippen LogP contribution is -2.17. The molecule has 0 unspecified atom stereocenters. The Morgan fingerprint density at radius 3 is 2.86 bits per heavy atom. The van der Waals surface area contributed by atoms with Gasteiger partial charge in [0.2, 0.25) is 5.82 Å². The fourth-order valence-electron chi connectivity index (χ4n) is 2.22. The van der Waals surface area contributed by atoms with Crippen molar-refractivity contribution in [3.05, 3.63) is 29.8 Å². The lowest BCUT2D eigenvalue weighted by atomic mass is 10.2. The Labute approximate surface area is 120 Å². The van der Waals surface area contributed by atoms with Crippen molar-refractivity contribution in [2.45, 2.75) is 18.8 Å². The molecule has 1 aromatic heterocycles. The minimum absolute atomic E-state index is 0.159. The number of hydrogen-bond acceptors (Lipinski definition) is 5. The fourth-order valence-corrected chi connectivity index (χ4v) is 2.22. The second-order valence-corrected chi connectivity index (χ2v) is 5.13. The number of ether oxygens (including phenoxy) is 2. The SMILES string of the molecule is O=C(Nc1ccc2c(c1)OCCO2)c1n[nH]c(C2CC2)n1. The molecule has 2 aliphatic rings. The Morgan fingerprint density at radius 1 is 1.24 bits per heavy atom. The van der Waals surface area contributed by atoms with Crippen LogP contribution in [0.1, 0.15) is 35.2 Å². The number of hydrogen-bond donors (Lipinski definition) is 2. The zero-order valence-corrected chi connectivity index (χ0v) is 11.3. The van der Waals surface area contributed by atoms with Crippen LogP contribution in [0, 0.1) is 0 Å². The maximum atomic E-state index is 12.1. The number of nitrogens with one attached hydrogen (secondary N) is 2. The number of anilines is 1. The maximum absolute atomic E-state index is 12.1. The summed E-state index contributed by atoms with van der Waals surface area (Å²) >= 11 is 0. The van der Waals surface area contributed by atoms with Crippen LogP contribution >= 0.6 is 0 Å². The third-order valence-corrected chi connectivity index (χ3v) is 3.47. The summed E-state index contributed by atoms with van der Waals surface area (Å²) in [5.74, 6) is 2.37. The Balaban J connectivity index is 1.50. The maximum Gasteiger partial charge on any atom is 0.295 e. The molecule has 2 heterocycles. The predicted octanol–water partition coefficient (Wildman–Crippen LogP) is 1.71. The van der Waals surface area contributed by atoms with Crippen LogP contribution < -0.4 is 14.8 Å². The first-order valence-electron chi connectivity index (χ1n) is 6.93. The number of carbonyl (C=O) groups excluding carboxylic acids is 1. The number of aromatic nitrogens is 3. The lowest BCUT2D eigenvalue weighted by molar-refractivity contribution is 0.101. The second-order valence-electron chi connectivity index (χ2n) is 5.13. The minimum atomic E-state index is -0.338. The smallest absolute Gasteiger partial charge is 0.295 e. The first-order chi connectivity index (χ1) is 10.3. The van der Waals surface area contributed by atoms with Gasteiger partial charge in [-0.05, 0) is 25.0 Å². The van der Waals surface area contributed by atoms with Crippen LogP contribution in [0.5, 0.6) is 11.5 Å². The molecule has 0 bridgehead atoms. The number of H-pyrrole nitrogens is 1. The van der Waals surface area contributed by atoms with Crippen molar-refractivity contribution < 1.29 is 14.3 Å². The van der Waals surface area contributed by atoms with Crippen molar-refractivity contribution >= 4 is 11.6 Å². The molecule has 21 heavy (non-hydrogen) atoms. The third-order valence-electron chi connectivity index (χ3n) is 3.47. The van der Waals surface area contributed by atoms with E-state index in [-0.39, 0.29) is 11.7 Å². The summed E-state index contributed by atoms with van der Waals surface area (Å²) in [6.07, 6.45) is 2.22. The van der Waals surface area contributed by atoms with Crippen molar-refractivity contribution in [3.8, 4) is 11.5 Å². The van der Waals surface area contributed by atoms with E-state index in [0.717, 1.165) is 18.7 Å². The summed E-state index contributed by atoms with van der Waals surface area (Å²) in [5.41, 5.74) is 0.627. The summed E-state index contributed by atoms with van der Waals surface area (Å²) < 4.78 is 10.9. The van der Waals surface area contributed by atoms with Crippen LogP contribution in [-0.2, 0) is 0 Å². The molecule has 0 saturated heterocycles. The minimum Gasteiger partial charge on any atom is -0.486 e. The molecular formula is C14H14N4O3.